The van der Waals surface area contributed by atoms with E-state index in [0.717, 1.165) is 53.3 Å². The molecule has 5 rings (SSSR count). The molecular weight excluding hydrogens is 216 g/mol. The molecule has 4 fully saturated rings. The van der Waals surface area contributed by atoms with Crippen LogP contribution in [0.4, 0.5) is 0 Å². The largest absolute Gasteiger partial charge is 0.0848 e. The van der Waals surface area contributed by atoms with Gasteiger partial charge in [-0.1, -0.05) is 25.5 Å². The Balaban J connectivity index is 1.55. The number of rotatable bonds is 1. The molecule has 0 radical (unpaired) electrons. The molecule has 0 heteroatoms. The maximum absolute atomic E-state index is 2.60. The number of fused-ring (bicyclic) bond motifs is 10. The lowest BCUT2D eigenvalue weighted by atomic mass is 9.55. The summed E-state index contributed by atoms with van der Waals surface area (Å²) in [6.45, 7) is 2.49. The maximum Gasteiger partial charge on any atom is -0.0194 e. The fraction of sp³-hybridized carbons (Fsp3) is 0.889. The first-order valence-corrected chi connectivity index (χ1v) is 8.55. The third-order valence-corrected chi connectivity index (χ3v) is 7.85. The minimum Gasteiger partial charge on any atom is -0.0848 e. The van der Waals surface area contributed by atoms with Crippen molar-refractivity contribution in [2.75, 3.05) is 0 Å². The van der Waals surface area contributed by atoms with Crippen LogP contribution < -0.4 is 0 Å². The summed E-state index contributed by atoms with van der Waals surface area (Å²) in [6.07, 6.45) is 14.6. The van der Waals surface area contributed by atoms with E-state index in [2.05, 4.69) is 19.1 Å². The van der Waals surface area contributed by atoms with E-state index in [0.29, 0.717) is 0 Å². The summed E-state index contributed by atoms with van der Waals surface area (Å²) in [4.78, 5) is 0. The molecule has 4 bridgehead atoms. The molecule has 0 aromatic heterocycles. The fourth-order valence-corrected chi connectivity index (χ4v) is 7.52. The molecule has 0 aromatic rings. The van der Waals surface area contributed by atoms with Gasteiger partial charge in [-0.15, -0.1) is 0 Å². The van der Waals surface area contributed by atoms with Crippen molar-refractivity contribution in [2.24, 2.45) is 53.3 Å². The van der Waals surface area contributed by atoms with Crippen molar-refractivity contribution < 1.29 is 0 Å². The Morgan fingerprint density at radius 3 is 2.56 bits per heavy atom. The molecule has 0 aromatic carbocycles. The van der Waals surface area contributed by atoms with Crippen molar-refractivity contribution in [1.82, 2.24) is 0 Å². The molecule has 98 valence electrons. The molecule has 5 aliphatic rings. The van der Waals surface area contributed by atoms with E-state index in [4.69, 9.17) is 0 Å². The fourth-order valence-electron chi connectivity index (χ4n) is 7.52. The van der Waals surface area contributed by atoms with Crippen LogP contribution in [-0.4, -0.2) is 0 Å². The van der Waals surface area contributed by atoms with Crippen LogP contribution in [0.5, 0.6) is 0 Å². The van der Waals surface area contributed by atoms with Gasteiger partial charge in [0.2, 0.25) is 0 Å². The number of hydrogen-bond acceptors (Lipinski definition) is 0. The highest BCUT2D eigenvalue weighted by atomic mass is 14.6. The van der Waals surface area contributed by atoms with Gasteiger partial charge in [-0.05, 0) is 85.4 Å². The molecule has 0 amide bonds. The maximum atomic E-state index is 2.60. The van der Waals surface area contributed by atoms with Crippen molar-refractivity contribution in [3.8, 4) is 0 Å². The van der Waals surface area contributed by atoms with E-state index < -0.39 is 0 Å². The van der Waals surface area contributed by atoms with Gasteiger partial charge in [0, 0.05) is 0 Å². The monoisotopic (exact) mass is 242 g/mol. The molecule has 18 heavy (non-hydrogen) atoms. The van der Waals surface area contributed by atoms with Crippen LogP contribution in [0.2, 0.25) is 0 Å². The summed E-state index contributed by atoms with van der Waals surface area (Å²) >= 11 is 0. The second-order valence-corrected chi connectivity index (χ2v) is 8.07. The van der Waals surface area contributed by atoms with Crippen molar-refractivity contribution in [1.29, 1.82) is 0 Å². The van der Waals surface area contributed by atoms with Gasteiger partial charge in [0.25, 0.3) is 0 Å². The second-order valence-electron chi connectivity index (χ2n) is 8.07. The summed E-state index contributed by atoms with van der Waals surface area (Å²) < 4.78 is 0. The first-order valence-electron chi connectivity index (χ1n) is 8.55. The average molecular weight is 242 g/mol. The second kappa shape index (κ2) is 3.44. The Hall–Kier alpha value is -0.260. The Kier molecular flexibility index (Phi) is 2.01. The Bertz CT molecular complexity index is 395. The SMILES string of the molecule is CCC1C2C3C=CC(C3)C2CC2C3CCC(C3)C21. The van der Waals surface area contributed by atoms with Crippen molar-refractivity contribution in [2.45, 2.75) is 45.4 Å². The molecule has 0 heterocycles. The standard InChI is InChI=1S/C18H26/c1-2-14-17-12-5-3-10(7-12)15(17)9-16-11-4-6-13(8-11)18(14)16/h3,5,10-18H,2,4,6-9H2,1H3. The smallest absolute Gasteiger partial charge is 0.0194 e. The van der Waals surface area contributed by atoms with E-state index in [9.17, 15) is 0 Å². The lowest BCUT2D eigenvalue weighted by Crippen LogP contribution is -2.44. The summed E-state index contributed by atoms with van der Waals surface area (Å²) in [5, 5.41) is 0. The van der Waals surface area contributed by atoms with Crippen LogP contribution in [0.15, 0.2) is 12.2 Å². The normalized spacial score (nSPS) is 63.3. The Labute approximate surface area is 111 Å². The van der Waals surface area contributed by atoms with Crippen LogP contribution in [0.1, 0.15) is 45.4 Å². The Morgan fingerprint density at radius 1 is 0.833 bits per heavy atom. The summed E-state index contributed by atoms with van der Waals surface area (Å²) in [5.74, 6) is 9.90. The molecule has 0 aliphatic heterocycles. The lowest BCUT2D eigenvalue weighted by Gasteiger charge is -2.50. The molecule has 0 spiro atoms. The zero-order valence-electron chi connectivity index (χ0n) is 11.6. The van der Waals surface area contributed by atoms with Gasteiger partial charge >= 0.3 is 0 Å². The van der Waals surface area contributed by atoms with Gasteiger partial charge in [0.05, 0.1) is 0 Å². The summed E-state index contributed by atoms with van der Waals surface area (Å²) in [7, 11) is 0. The zero-order valence-corrected chi connectivity index (χ0v) is 11.6. The van der Waals surface area contributed by atoms with Gasteiger partial charge in [-0.2, -0.15) is 0 Å². The van der Waals surface area contributed by atoms with Crippen LogP contribution in [0, 0.1) is 53.3 Å². The summed E-state index contributed by atoms with van der Waals surface area (Å²) in [6, 6.07) is 0. The minimum absolute atomic E-state index is 0.991. The van der Waals surface area contributed by atoms with Crippen LogP contribution in [0.3, 0.4) is 0 Å². The van der Waals surface area contributed by atoms with Crippen molar-refractivity contribution in [3.63, 3.8) is 0 Å². The molecular formula is C18H26. The first-order chi connectivity index (χ1) is 8.86. The van der Waals surface area contributed by atoms with E-state index in [-0.39, 0.29) is 0 Å². The van der Waals surface area contributed by atoms with E-state index in [1.54, 1.807) is 25.7 Å². The molecule has 4 saturated carbocycles. The van der Waals surface area contributed by atoms with Gasteiger partial charge in [0.1, 0.15) is 0 Å². The van der Waals surface area contributed by atoms with Crippen LogP contribution in [-0.2, 0) is 0 Å². The Morgan fingerprint density at radius 2 is 1.67 bits per heavy atom. The molecule has 0 N–H and O–H groups in total. The third kappa shape index (κ3) is 1.10. The third-order valence-electron chi connectivity index (χ3n) is 7.85. The lowest BCUT2D eigenvalue weighted by molar-refractivity contribution is -0.00375. The van der Waals surface area contributed by atoms with Crippen molar-refractivity contribution >= 4 is 0 Å². The first kappa shape index (κ1) is 10.5. The zero-order chi connectivity index (χ0) is 11.9. The van der Waals surface area contributed by atoms with E-state index in [1.165, 1.54) is 12.8 Å². The van der Waals surface area contributed by atoms with E-state index in [1.807, 2.05) is 0 Å². The highest BCUT2D eigenvalue weighted by Gasteiger charge is 2.60. The predicted octanol–water partition coefficient (Wildman–Crippen LogP) is 4.52. The number of hydrogen-bond donors (Lipinski definition) is 0. The van der Waals surface area contributed by atoms with Crippen molar-refractivity contribution in [3.05, 3.63) is 12.2 Å². The van der Waals surface area contributed by atoms with Crippen LogP contribution in [0.25, 0.3) is 0 Å². The summed E-state index contributed by atoms with van der Waals surface area (Å²) in [5.41, 5.74) is 0. The average Bonchev–Trinajstić information content (AvgIpc) is 3.15. The van der Waals surface area contributed by atoms with Crippen LogP contribution >= 0.6 is 0 Å². The van der Waals surface area contributed by atoms with Gasteiger partial charge in [-0.3, -0.25) is 0 Å². The van der Waals surface area contributed by atoms with Gasteiger partial charge in [0.15, 0.2) is 0 Å². The van der Waals surface area contributed by atoms with Gasteiger partial charge < -0.3 is 0 Å². The quantitative estimate of drug-likeness (QED) is 0.593. The molecule has 9 unspecified atom stereocenters. The highest BCUT2D eigenvalue weighted by molar-refractivity contribution is 5.18. The predicted molar refractivity (Wildman–Crippen MR) is 73.9 cm³/mol. The molecule has 9 atom stereocenters. The molecule has 0 saturated heterocycles. The number of allylic oxidation sites excluding steroid dienone is 2. The molecule has 0 nitrogen and oxygen atoms in total. The highest BCUT2D eigenvalue weighted by Crippen LogP contribution is 2.67. The molecule has 5 aliphatic carbocycles. The van der Waals surface area contributed by atoms with E-state index >= 15 is 0 Å². The minimum atomic E-state index is 0.991. The van der Waals surface area contributed by atoms with Gasteiger partial charge in [-0.25, -0.2) is 0 Å². The topological polar surface area (TPSA) is 0 Å².